The zero-order valence-corrected chi connectivity index (χ0v) is 19.8. The molecule has 2 aliphatic rings. The van der Waals surface area contributed by atoms with E-state index in [4.69, 9.17) is 9.47 Å². The van der Waals surface area contributed by atoms with Crippen LogP contribution in [-0.4, -0.2) is 49.3 Å². The predicted molar refractivity (Wildman–Crippen MR) is 127 cm³/mol. The fourth-order valence-corrected chi connectivity index (χ4v) is 4.85. The van der Waals surface area contributed by atoms with Gasteiger partial charge in [-0.15, -0.1) is 0 Å². The summed E-state index contributed by atoms with van der Waals surface area (Å²) in [7, 11) is 0. The van der Waals surface area contributed by atoms with Gasteiger partial charge in [0.05, 0.1) is 6.61 Å². The Morgan fingerprint density at radius 1 is 1.10 bits per heavy atom. The summed E-state index contributed by atoms with van der Waals surface area (Å²) in [5.74, 6) is 2.24. The quantitative estimate of drug-likeness (QED) is 0.498. The maximum absolute atomic E-state index is 13.1. The van der Waals surface area contributed by atoms with Crippen LogP contribution in [0.15, 0.2) is 24.3 Å². The van der Waals surface area contributed by atoms with Crippen molar-refractivity contribution in [2.24, 2.45) is 11.8 Å². The minimum atomic E-state index is -0.685. The molecule has 1 saturated carbocycles. The largest absolute Gasteiger partial charge is 0.494 e. The van der Waals surface area contributed by atoms with E-state index in [1.165, 1.54) is 32.4 Å². The Bertz CT molecular complexity index is 670. The van der Waals surface area contributed by atoms with Gasteiger partial charge in [0.2, 0.25) is 0 Å². The number of nitrogens with zero attached hydrogens (tertiary/aromatic N) is 1. The van der Waals surface area contributed by atoms with E-state index in [2.05, 4.69) is 31.0 Å². The molecule has 1 aliphatic carbocycles. The van der Waals surface area contributed by atoms with Crippen LogP contribution >= 0.6 is 0 Å². The number of nitrogens with one attached hydrogen (secondary N) is 1. The Morgan fingerprint density at radius 2 is 1.84 bits per heavy atom. The number of likely N-dealkylation sites (tertiary alicyclic amines) is 1. The summed E-state index contributed by atoms with van der Waals surface area (Å²) in [6, 6.07) is 7.75. The zero-order chi connectivity index (χ0) is 22.1. The van der Waals surface area contributed by atoms with Gasteiger partial charge in [0.25, 0.3) is 5.91 Å². The molecular weight excluding hydrogens is 388 g/mol. The fraction of sp³-hybridized carbons (Fsp3) is 0.731. The fourth-order valence-electron chi connectivity index (χ4n) is 4.85. The van der Waals surface area contributed by atoms with E-state index in [9.17, 15) is 4.79 Å². The van der Waals surface area contributed by atoms with Gasteiger partial charge in [0.1, 0.15) is 11.4 Å². The van der Waals surface area contributed by atoms with Crippen molar-refractivity contribution in [3.05, 3.63) is 24.3 Å². The lowest BCUT2D eigenvalue weighted by molar-refractivity contribution is -0.148. The molecule has 0 aromatic heterocycles. The van der Waals surface area contributed by atoms with E-state index in [1.807, 2.05) is 24.3 Å². The van der Waals surface area contributed by atoms with Gasteiger partial charge in [0, 0.05) is 18.8 Å². The lowest BCUT2D eigenvalue weighted by Crippen LogP contribution is -2.48. The summed E-state index contributed by atoms with van der Waals surface area (Å²) >= 11 is 0. The lowest BCUT2D eigenvalue weighted by atomic mass is 9.78. The van der Waals surface area contributed by atoms with Crippen LogP contribution < -0.4 is 10.1 Å². The van der Waals surface area contributed by atoms with Gasteiger partial charge in [-0.05, 0) is 94.1 Å². The Balaban J connectivity index is 1.45. The molecule has 5 heteroatoms. The Labute approximate surface area is 188 Å². The molecule has 1 aromatic rings. The first-order chi connectivity index (χ1) is 15.0. The highest BCUT2D eigenvalue weighted by Gasteiger charge is 2.42. The summed E-state index contributed by atoms with van der Waals surface area (Å²) in [6.07, 6.45) is 8.43. The van der Waals surface area contributed by atoms with E-state index in [0.717, 1.165) is 62.6 Å². The SMILES string of the molecule is CCCO[C@@]1(C(=O)Nc2ccc(OCCCN3CCC(C)CC3)cc2)CCC[C@@H](C)C1. The number of carbonyl (C=O) groups is 1. The molecule has 0 bridgehead atoms. The van der Waals surface area contributed by atoms with Crippen molar-refractivity contribution in [2.75, 3.05) is 38.2 Å². The maximum Gasteiger partial charge on any atom is 0.256 e. The van der Waals surface area contributed by atoms with Crippen LogP contribution in [0.2, 0.25) is 0 Å². The smallest absolute Gasteiger partial charge is 0.256 e. The van der Waals surface area contributed by atoms with Gasteiger partial charge in [-0.2, -0.15) is 0 Å². The molecule has 1 amide bonds. The first-order valence-electron chi connectivity index (χ1n) is 12.4. The molecule has 1 aliphatic heterocycles. The molecule has 0 radical (unpaired) electrons. The van der Waals surface area contributed by atoms with Crippen LogP contribution in [0.3, 0.4) is 0 Å². The number of piperidine rings is 1. The third-order valence-electron chi connectivity index (χ3n) is 6.83. The average Bonchev–Trinajstić information content (AvgIpc) is 2.77. The molecular formula is C26H42N2O3. The summed E-state index contributed by atoms with van der Waals surface area (Å²) in [6.45, 7) is 11.6. The molecule has 1 N–H and O–H groups in total. The van der Waals surface area contributed by atoms with Gasteiger partial charge in [-0.3, -0.25) is 4.79 Å². The molecule has 5 nitrogen and oxygen atoms in total. The second-order valence-corrected chi connectivity index (χ2v) is 9.75. The second kappa shape index (κ2) is 11.9. The topological polar surface area (TPSA) is 50.8 Å². The van der Waals surface area contributed by atoms with Crippen molar-refractivity contribution in [3.8, 4) is 5.75 Å². The lowest BCUT2D eigenvalue weighted by Gasteiger charge is -2.38. The maximum atomic E-state index is 13.1. The Kier molecular flexibility index (Phi) is 9.21. The van der Waals surface area contributed by atoms with Crippen molar-refractivity contribution < 1.29 is 14.3 Å². The van der Waals surface area contributed by atoms with Crippen molar-refractivity contribution in [1.29, 1.82) is 0 Å². The monoisotopic (exact) mass is 430 g/mol. The highest BCUT2D eigenvalue weighted by Crippen LogP contribution is 2.36. The van der Waals surface area contributed by atoms with Crippen molar-refractivity contribution in [1.82, 2.24) is 4.90 Å². The number of rotatable bonds is 10. The minimum Gasteiger partial charge on any atom is -0.494 e. The predicted octanol–water partition coefficient (Wildman–Crippen LogP) is 5.50. The van der Waals surface area contributed by atoms with E-state index in [0.29, 0.717) is 12.5 Å². The molecule has 3 rings (SSSR count). The molecule has 1 saturated heterocycles. The number of hydrogen-bond acceptors (Lipinski definition) is 4. The van der Waals surface area contributed by atoms with Crippen LogP contribution in [0.25, 0.3) is 0 Å². The van der Waals surface area contributed by atoms with Gasteiger partial charge >= 0.3 is 0 Å². The summed E-state index contributed by atoms with van der Waals surface area (Å²) in [4.78, 5) is 15.7. The van der Waals surface area contributed by atoms with Gasteiger partial charge in [0.15, 0.2) is 0 Å². The Morgan fingerprint density at radius 3 is 2.52 bits per heavy atom. The van der Waals surface area contributed by atoms with E-state index in [-0.39, 0.29) is 5.91 Å². The number of anilines is 1. The summed E-state index contributed by atoms with van der Waals surface area (Å²) < 4.78 is 12.0. The molecule has 2 fully saturated rings. The normalized spacial score (nSPS) is 25.3. The molecule has 2 atom stereocenters. The molecule has 174 valence electrons. The number of amides is 1. The third kappa shape index (κ3) is 7.21. The van der Waals surface area contributed by atoms with E-state index >= 15 is 0 Å². The minimum absolute atomic E-state index is 0.00276. The molecule has 0 spiro atoms. The van der Waals surface area contributed by atoms with Crippen LogP contribution in [-0.2, 0) is 9.53 Å². The first kappa shape index (κ1) is 24.1. The van der Waals surface area contributed by atoms with Crippen molar-refractivity contribution >= 4 is 11.6 Å². The average molecular weight is 431 g/mol. The third-order valence-corrected chi connectivity index (χ3v) is 6.83. The van der Waals surface area contributed by atoms with Crippen LogP contribution in [0, 0.1) is 11.8 Å². The van der Waals surface area contributed by atoms with Gasteiger partial charge < -0.3 is 19.7 Å². The molecule has 0 unspecified atom stereocenters. The number of hydrogen-bond donors (Lipinski definition) is 1. The number of carbonyl (C=O) groups excluding carboxylic acids is 1. The standard InChI is InChI=1S/C26H42N2O3/c1-4-18-31-26(14-5-7-22(3)20-26)25(29)27-23-8-10-24(11-9-23)30-19-6-15-28-16-12-21(2)13-17-28/h8-11,21-22H,4-7,12-20H2,1-3H3,(H,27,29)/t22-,26+/m1/s1. The van der Waals surface area contributed by atoms with E-state index in [1.54, 1.807) is 0 Å². The van der Waals surface area contributed by atoms with E-state index < -0.39 is 5.60 Å². The number of ether oxygens (including phenoxy) is 2. The summed E-state index contributed by atoms with van der Waals surface area (Å²) in [5.41, 5.74) is 0.118. The second-order valence-electron chi connectivity index (χ2n) is 9.75. The first-order valence-corrected chi connectivity index (χ1v) is 12.4. The highest BCUT2D eigenvalue weighted by atomic mass is 16.5. The number of benzene rings is 1. The highest BCUT2D eigenvalue weighted by molar-refractivity contribution is 5.97. The molecule has 31 heavy (non-hydrogen) atoms. The zero-order valence-electron chi connectivity index (χ0n) is 19.8. The van der Waals surface area contributed by atoms with Crippen molar-refractivity contribution in [3.63, 3.8) is 0 Å². The van der Waals surface area contributed by atoms with Crippen LogP contribution in [0.1, 0.15) is 72.1 Å². The van der Waals surface area contributed by atoms with Crippen LogP contribution in [0.4, 0.5) is 5.69 Å². The van der Waals surface area contributed by atoms with Gasteiger partial charge in [-0.25, -0.2) is 0 Å². The van der Waals surface area contributed by atoms with Gasteiger partial charge in [-0.1, -0.05) is 27.2 Å². The molecule has 1 heterocycles. The Hall–Kier alpha value is -1.59. The van der Waals surface area contributed by atoms with Crippen molar-refractivity contribution in [2.45, 2.75) is 77.7 Å². The van der Waals surface area contributed by atoms with Crippen LogP contribution in [0.5, 0.6) is 5.75 Å². The summed E-state index contributed by atoms with van der Waals surface area (Å²) in [5, 5.41) is 3.10. The molecule has 1 aromatic carbocycles.